The van der Waals surface area contributed by atoms with Gasteiger partial charge in [0.1, 0.15) is 15.8 Å². The zero-order valence-corrected chi connectivity index (χ0v) is 12.6. The average molecular weight is 301 g/mol. The molecule has 20 heavy (non-hydrogen) atoms. The van der Waals surface area contributed by atoms with Crippen LogP contribution in [0.5, 0.6) is 0 Å². The number of thiophene rings is 1. The Morgan fingerprint density at radius 2 is 1.90 bits per heavy atom. The first-order chi connectivity index (χ1) is 9.69. The summed E-state index contributed by atoms with van der Waals surface area (Å²) in [7, 11) is 0. The lowest BCUT2D eigenvalue weighted by Gasteiger charge is -2.14. The van der Waals surface area contributed by atoms with Gasteiger partial charge in [0.25, 0.3) is 0 Å². The minimum Gasteiger partial charge on any atom is -0.221 e. The standard InChI is InChI=1S/C16H13ClN2S/c1-10-9-12-13(17)18-15(19-14(12)20-10)16(7-8-16)11-5-3-2-4-6-11/h2-6,9H,7-8H2,1H3. The number of aryl methyl sites for hydroxylation is 1. The van der Waals surface area contributed by atoms with Gasteiger partial charge >= 0.3 is 0 Å². The summed E-state index contributed by atoms with van der Waals surface area (Å²) in [4.78, 5) is 11.6. The molecule has 1 saturated carbocycles. The minimum absolute atomic E-state index is 0.0169. The molecule has 2 nitrogen and oxygen atoms in total. The van der Waals surface area contributed by atoms with Gasteiger partial charge in [-0.25, -0.2) is 9.97 Å². The van der Waals surface area contributed by atoms with Crippen LogP contribution in [0.25, 0.3) is 10.2 Å². The van der Waals surface area contributed by atoms with E-state index < -0.39 is 0 Å². The van der Waals surface area contributed by atoms with Crippen molar-refractivity contribution in [3.8, 4) is 0 Å². The summed E-state index contributed by atoms with van der Waals surface area (Å²) in [5.74, 6) is 0.878. The summed E-state index contributed by atoms with van der Waals surface area (Å²) < 4.78 is 0. The molecule has 0 aliphatic heterocycles. The van der Waals surface area contributed by atoms with Crippen LogP contribution < -0.4 is 0 Å². The second-order valence-electron chi connectivity index (χ2n) is 5.36. The number of fused-ring (bicyclic) bond motifs is 1. The highest BCUT2D eigenvalue weighted by Gasteiger charge is 2.48. The van der Waals surface area contributed by atoms with Crippen LogP contribution in [-0.4, -0.2) is 9.97 Å². The Balaban J connectivity index is 1.90. The van der Waals surface area contributed by atoms with Crippen molar-refractivity contribution < 1.29 is 0 Å². The van der Waals surface area contributed by atoms with E-state index in [9.17, 15) is 0 Å². The predicted octanol–water partition coefficient (Wildman–Crippen LogP) is 4.73. The fourth-order valence-corrected chi connectivity index (χ4v) is 3.90. The van der Waals surface area contributed by atoms with Gasteiger partial charge in [-0.3, -0.25) is 0 Å². The topological polar surface area (TPSA) is 25.8 Å². The van der Waals surface area contributed by atoms with E-state index in [1.165, 1.54) is 10.4 Å². The second-order valence-corrected chi connectivity index (χ2v) is 6.95. The molecular weight excluding hydrogens is 288 g/mol. The molecule has 100 valence electrons. The maximum absolute atomic E-state index is 6.35. The summed E-state index contributed by atoms with van der Waals surface area (Å²) >= 11 is 8.04. The zero-order chi connectivity index (χ0) is 13.7. The Bertz CT molecular complexity index is 791. The molecule has 1 aromatic carbocycles. The molecule has 4 rings (SSSR count). The van der Waals surface area contributed by atoms with E-state index in [4.69, 9.17) is 16.6 Å². The van der Waals surface area contributed by atoms with Gasteiger partial charge < -0.3 is 0 Å². The highest BCUT2D eigenvalue weighted by molar-refractivity contribution is 7.18. The van der Waals surface area contributed by atoms with E-state index in [-0.39, 0.29) is 5.41 Å². The molecule has 1 fully saturated rings. The van der Waals surface area contributed by atoms with Gasteiger partial charge in [0, 0.05) is 10.3 Å². The van der Waals surface area contributed by atoms with Crippen molar-refractivity contribution >= 4 is 33.2 Å². The number of aromatic nitrogens is 2. The van der Waals surface area contributed by atoms with Gasteiger partial charge in [0.05, 0.1) is 5.41 Å². The lowest BCUT2D eigenvalue weighted by Crippen LogP contribution is -2.13. The van der Waals surface area contributed by atoms with Crippen molar-refractivity contribution in [2.24, 2.45) is 0 Å². The van der Waals surface area contributed by atoms with E-state index in [1.54, 1.807) is 11.3 Å². The van der Waals surface area contributed by atoms with Gasteiger partial charge in [-0.1, -0.05) is 41.9 Å². The van der Waals surface area contributed by atoms with E-state index in [0.717, 1.165) is 28.9 Å². The second kappa shape index (κ2) is 4.27. The Kier molecular flexibility index (Phi) is 2.63. The third kappa shape index (κ3) is 1.77. The van der Waals surface area contributed by atoms with Crippen LogP contribution in [0.1, 0.15) is 29.1 Å². The maximum Gasteiger partial charge on any atom is 0.142 e. The van der Waals surface area contributed by atoms with Crippen LogP contribution in [0, 0.1) is 6.92 Å². The Morgan fingerprint density at radius 3 is 2.60 bits per heavy atom. The molecule has 1 aliphatic carbocycles. The van der Waals surface area contributed by atoms with Crippen LogP contribution >= 0.6 is 22.9 Å². The zero-order valence-electron chi connectivity index (χ0n) is 11.1. The summed E-state index contributed by atoms with van der Waals surface area (Å²) in [6.07, 6.45) is 2.20. The summed E-state index contributed by atoms with van der Waals surface area (Å²) in [5, 5.41) is 1.55. The number of nitrogens with zero attached hydrogens (tertiary/aromatic N) is 2. The quantitative estimate of drug-likeness (QED) is 0.639. The van der Waals surface area contributed by atoms with Gasteiger partial charge in [-0.2, -0.15) is 0 Å². The average Bonchev–Trinajstić information content (AvgIpc) is 3.17. The molecule has 4 heteroatoms. The lowest BCUT2D eigenvalue weighted by molar-refractivity contribution is 0.764. The van der Waals surface area contributed by atoms with Crippen molar-refractivity contribution in [3.63, 3.8) is 0 Å². The Hall–Kier alpha value is -1.45. The summed E-state index contributed by atoms with van der Waals surface area (Å²) in [5.41, 5.74) is 1.28. The number of benzene rings is 1. The normalized spacial score (nSPS) is 16.5. The predicted molar refractivity (Wildman–Crippen MR) is 83.6 cm³/mol. The number of halogens is 1. The third-order valence-electron chi connectivity index (χ3n) is 3.97. The summed E-state index contributed by atoms with van der Waals surface area (Å²) in [6, 6.07) is 12.6. The molecule has 0 amide bonds. The van der Waals surface area contributed by atoms with Crippen molar-refractivity contribution in [3.05, 3.63) is 57.8 Å². The SMILES string of the molecule is Cc1cc2c(Cl)nc(C3(c4ccccc4)CC3)nc2s1. The molecule has 3 aromatic rings. The van der Waals surface area contributed by atoms with Crippen molar-refractivity contribution in [1.29, 1.82) is 0 Å². The smallest absolute Gasteiger partial charge is 0.142 e. The van der Waals surface area contributed by atoms with Gasteiger partial charge in [-0.05, 0) is 31.4 Å². The molecule has 2 heterocycles. The molecule has 2 aromatic heterocycles. The number of hydrogen-bond acceptors (Lipinski definition) is 3. The van der Waals surface area contributed by atoms with Crippen LogP contribution in [-0.2, 0) is 5.41 Å². The lowest BCUT2D eigenvalue weighted by atomic mass is 9.95. The van der Waals surface area contributed by atoms with Crippen LogP contribution in [0.15, 0.2) is 36.4 Å². The highest BCUT2D eigenvalue weighted by atomic mass is 35.5. The molecule has 0 unspecified atom stereocenters. The molecule has 0 saturated heterocycles. The first-order valence-corrected chi connectivity index (χ1v) is 7.88. The van der Waals surface area contributed by atoms with Crippen molar-refractivity contribution in [2.75, 3.05) is 0 Å². The molecular formula is C16H13ClN2S. The van der Waals surface area contributed by atoms with E-state index >= 15 is 0 Å². The number of rotatable bonds is 2. The maximum atomic E-state index is 6.35. The largest absolute Gasteiger partial charge is 0.221 e. The fourth-order valence-electron chi connectivity index (χ4n) is 2.74. The minimum atomic E-state index is -0.0169. The first-order valence-electron chi connectivity index (χ1n) is 6.69. The third-order valence-corrected chi connectivity index (χ3v) is 5.21. The molecule has 0 spiro atoms. The van der Waals surface area contributed by atoms with Gasteiger partial charge in [0.15, 0.2) is 0 Å². The molecule has 1 aliphatic rings. The van der Waals surface area contributed by atoms with Crippen LogP contribution in [0.3, 0.4) is 0 Å². The van der Waals surface area contributed by atoms with E-state index in [1.807, 2.05) is 6.07 Å². The molecule has 0 atom stereocenters. The first kappa shape index (κ1) is 12.3. The molecule has 0 radical (unpaired) electrons. The van der Waals surface area contributed by atoms with Crippen molar-refractivity contribution in [1.82, 2.24) is 9.97 Å². The van der Waals surface area contributed by atoms with Crippen LogP contribution in [0.2, 0.25) is 5.15 Å². The van der Waals surface area contributed by atoms with Crippen LogP contribution in [0.4, 0.5) is 0 Å². The fraction of sp³-hybridized carbons (Fsp3) is 0.250. The Morgan fingerprint density at radius 1 is 1.15 bits per heavy atom. The number of hydrogen-bond donors (Lipinski definition) is 0. The van der Waals surface area contributed by atoms with Gasteiger partial charge in [0.2, 0.25) is 0 Å². The monoisotopic (exact) mass is 300 g/mol. The van der Waals surface area contributed by atoms with E-state index in [2.05, 4.69) is 42.2 Å². The summed E-state index contributed by atoms with van der Waals surface area (Å²) in [6.45, 7) is 2.08. The van der Waals surface area contributed by atoms with Crippen molar-refractivity contribution in [2.45, 2.75) is 25.2 Å². The Labute approximate surface area is 126 Å². The highest BCUT2D eigenvalue weighted by Crippen LogP contribution is 2.52. The van der Waals surface area contributed by atoms with E-state index in [0.29, 0.717) is 5.15 Å². The molecule has 0 bridgehead atoms. The molecule has 0 N–H and O–H groups in total. The van der Waals surface area contributed by atoms with Gasteiger partial charge in [-0.15, -0.1) is 11.3 Å².